The van der Waals surface area contributed by atoms with Gasteiger partial charge >= 0.3 is 17.6 Å². The number of carbonyl (C=O) groups is 2. The van der Waals surface area contributed by atoms with Gasteiger partial charge in [0.25, 0.3) is 5.69 Å². The fourth-order valence-electron chi connectivity index (χ4n) is 4.25. The number of aromatic nitrogens is 4. The highest BCUT2D eigenvalue weighted by atomic mass is 32.1. The summed E-state index contributed by atoms with van der Waals surface area (Å²) >= 11 is 1.08. The number of hydrogen-bond acceptors (Lipinski definition) is 8. The number of amides is 1. The summed E-state index contributed by atoms with van der Waals surface area (Å²) in [5.74, 6) is -0.820. The van der Waals surface area contributed by atoms with Gasteiger partial charge in [0.1, 0.15) is 23.1 Å². The Bertz CT molecular complexity index is 1700. The van der Waals surface area contributed by atoms with Gasteiger partial charge in [0.05, 0.1) is 18.5 Å². The number of ether oxygens (including phenoxy) is 2. The Kier molecular flexibility index (Phi) is 9.27. The van der Waals surface area contributed by atoms with E-state index in [9.17, 15) is 14.8 Å². The molecule has 0 atom stereocenters. The molecule has 0 radical (unpaired) electrons. The van der Waals surface area contributed by atoms with Crippen LogP contribution in [-0.2, 0) is 19.8 Å². The van der Waals surface area contributed by atoms with Crippen LogP contribution in [0.15, 0.2) is 85.3 Å². The van der Waals surface area contributed by atoms with Crippen molar-refractivity contribution in [2.75, 3.05) is 6.54 Å². The first kappa shape index (κ1) is 29.3. The third kappa shape index (κ3) is 7.35. The minimum atomic E-state index is -1.02. The number of carboxylic acids is 1. The molecule has 1 amide bonds. The van der Waals surface area contributed by atoms with Gasteiger partial charge in [-0.15, -0.1) is 11.3 Å². The summed E-state index contributed by atoms with van der Waals surface area (Å²) in [7, 11) is 0. The number of hydrogen-bond donors (Lipinski definition) is 3. The van der Waals surface area contributed by atoms with Crippen molar-refractivity contribution in [3.8, 4) is 22.1 Å². The number of benzene rings is 2. The number of pyridine rings is 1. The molecular weight excluding hydrogens is 570 g/mol. The van der Waals surface area contributed by atoms with Crippen molar-refractivity contribution in [3.63, 3.8) is 0 Å². The standard InChI is InChI=1S/C31H29N5O6S/c1-21-28(42-20-23-11-6-3-7-12-23)26(41-19-22-9-4-2-5-10-22)15-25(36(21)40)29(37)32-13-8-14-35-18-24(16-34-35)30-33-17-27(43-30)31(38)39/h2-7,9-12,15-18H,8,13-14,19-20H2,1H3,(H2-,32,37,38,39,40)/p+1. The molecule has 0 saturated carbocycles. The Morgan fingerprint density at radius 1 is 1.00 bits per heavy atom. The van der Waals surface area contributed by atoms with Crippen LogP contribution in [0.25, 0.3) is 10.6 Å². The SMILES string of the molecule is Cc1c(OCc2ccccc2)c(OCc2ccccc2)cc(C(=O)NCCCn2cc(-c3ncc(C(=O)O)s3)cn2)[n+]1O. The minimum Gasteiger partial charge on any atom is -0.484 e. The summed E-state index contributed by atoms with van der Waals surface area (Å²) in [6, 6.07) is 20.7. The molecule has 0 aliphatic heterocycles. The molecule has 3 aromatic heterocycles. The number of nitrogens with zero attached hydrogens (tertiary/aromatic N) is 4. The molecular formula is C31H30N5O6S+. The zero-order chi connectivity index (χ0) is 30.2. The van der Waals surface area contributed by atoms with Gasteiger partial charge in [-0.25, -0.2) is 9.78 Å². The highest BCUT2D eigenvalue weighted by Crippen LogP contribution is 2.31. The Hall–Kier alpha value is -5.23. The fourth-order valence-corrected chi connectivity index (χ4v) is 4.98. The summed E-state index contributed by atoms with van der Waals surface area (Å²) in [6.45, 7) is 2.99. The molecule has 5 rings (SSSR count). The van der Waals surface area contributed by atoms with Crippen LogP contribution in [0.4, 0.5) is 0 Å². The molecule has 11 nitrogen and oxygen atoms in total. The summed E-state index contributed by atoms with van der Waals surface area (Å²) in [5.41, 5.74) is 2.94. The smallest absolute Gasteiger partial charge is 0.347 e. The summed E-state index contributed by atoms with van der Waals surface area (Å²) < 4.78 is 14.7. The lowest BCUT2D eigenvalue weighted by molar-refractivity contribution is -0.910. The normalized spacial score (nSPS) is 10.8. The molecule has 5 aromatic rings. The Morgan fingerprint density at radius 2 is 1.67 bits per heavy atom. The van der Waals surface area contributed by atoms with Crippen molar-refractivity contribution >= 4 is 23.2 Å². The van der Waals surface area contributed by atoms with Crippen LogP contribution in [0.2, 0.25) is 0 Å². The molecule has 12 heteroatoms. The van der Waals surface area contributed by atoms with E-state index in [4.69, 9.17) is 14.6 Å². The van der Waals surface area contributed by atoms with E-state index in [1.807, 2.05) is 60.7 Å². The molecule has 0 aliphatic rings. The molecule has 2 aromatic carbocycles. The molecule has 0 bridgehead atoms. The molecule has 0 spiro atoms. The first-order valence-electron chi connectivity index (χ1n) is 13.5. The van der Waals surface area contributed by atoms with Crippen LogP contribution in [0.5, 0.6) is 11.5 Å². The van der Waals surface area contributed by atoms with E-state index in [1.165, 1.54) is 12.3 Å². The van der Waals surface area contributed by atoms with Crippen molar-refractivity contribution < 1.29 is 34.1 Å². The molecule has 0 unspecified atom stereocenters. The molecule has 0 fully saturated rings. The van der Waals surface area contributed by atoms with Crippen molar-refractivity contribution in [2.24, 2.45) is 0 Å². The van der Waals surface area contributed by atoms with E-state index >= 15 is 0 Å². The van der Waals surface area contributed by atoms with Crippen LogP contribution in [0.3, 0.4) is 0 Å². The first-order chi connectivity index (χ1) is 20.9. The number of thiazole rings is 1. The van der Waals surface area contributed by atoms with E-state index < -0.39 is 11.9 Å². The monoisotopic (exact) mass is 600 g/mol. The molecule has 43 heavy (non-hydrogen) atoms. The minimum absolute atomic E-state index is 0.00648. The Morgan fingerprint density at radius 3 is 2.33 bits per heavy atom. The number of rotatable bonds is 13. The van der Waals surface area contributed by atoms with Crippen LogP contribution < -0.4 is 19.5 Å². The van der Waals surface area contributed by atoms with Gasteiger partial charge in [0.2, 0.25) is 5.75 Å². The Balaban J connectivity index is 1.24. The average molecular weight is 601 g/mol. The zero-order valence-electron chi connectivity index (χ0n) is 23.3. The molecule has 0 aliphatic carbocycles. The predicted molar refractivity (Wildman–Crippen MR) is 157 cm³/mol. The predicted octanol–water partition coefficient (Wildman–Crippen LogP) is 4.52. The molecule has 3 N–H and O–H groups in total. The van der Waals surface area contributed by atoms with Gasteiger partial charge in [-0.2, -0.15) is 5.10 Å². The highest BCUT2D eigenvalue weighted by Gasteiger charge is 2.30. The van der Waals surface area contributed by atoms with Crippen molar-refractivity contribution in [3.05, 3.63) is 113 Å². The van der Waals surface area contributed by atoms with Crippen LogP contribution in [-0.4, -0.2) is 43.5 Å². The average Bonchev–Trinajstić information content (AvgIpc) is 3.71. The van der Waals surface area contributed by atoms with Crippen LogP contribution >= 0.6 is 11.3 Å². The fraction of sp³-hybridized carbons (Fsp3) is 0.194. The first-order valence-corrected chi connectivity index (χ1v) is 14.3. The number of aromatic carboxylic acids is 1. The third-order valence-corrected chi connectivity index (χ3v) is 7.54. The van der Waals surface area contributed by atoms with Gasteiger partial charge < -0.3 is 19.9 Å². The second-order valence-electron chi connectivity index (χ2n) is 9.61. The topological polar surface area (TPSA) is 140 Å². The number of carboxylic acid groups (broad SMARTS) is 1. The second-order valence-corrected chi connectivity index (χ2v) is 10.6. The second kappa shape index (κ2) is 13.6. The molecule has 220 valence electrons. The lowest BCUT2D eigenvalue weighted by atomic mass is 10.2. The Labute approximate surface area is 251 Å². The van der Waals surface area contributed by atoms with Crippen molar-refractivity contribution in [1.82, 2.24) is 20.1 Å². The van der Waals surface area contributed by atoms with E-state index in [0.29, 0.717) is 41.7 Å². The quantitative estimate of drug-likeness (QED) is 0.102. The maximum absolute atomic E-state index is 13.1. The lowest BCUT2D eigenvalue weighted by Crippen LogP contribution is -2.44. The van der Waals surface area contributed by atoms with Gasteiger partial charge in [0.15, 0.2) is 5.75 Å². The maximum atomic E-state index is 13.1. The highest BCUT2D eigenvalue weighted by molar-refractivity contribution is 7.16. The summed E-state index contributed by atoms with van der Waals surface area (Å²) in [6.07, 6.45) is 5.29. The van der Waals surface area contributed by atoms with Crippen molar-refractivity contribution in [1.29, 1.82) is 0 Å². The largest absolute Gasteiger partial charge is 0.484 e. The van der Waals surface area contributed by atoms with Gasteiger partial charge in [-0.3, -0.25) is 14.7 Å². The summed E-state index contributed by atoms with van der Waals surface area (Å²) in [4.78, 5) is 28.5. The van der Waals surface area contributed by atoms with Crippen molar-refractivity contribution in [2.45, 2.75) is 33.1 Å². The van der Waals surface area contributed by atoms with E-state index in [0.717, 1.165) is 32.8 Å². The van der Waals surface area contributed by atoms with Gasteiger partial charge in [0, 0.05) is 36.5 Å². The van der Waals surface area contributed by atoms with Gasteiger partial charge in [-0.05, 0) is 17.5 Å². The van der Waals surface area contributed by atoms with Crippen LogP contribution in [0, 0.1) is 6.92 Å². The number of carbonyl (C=O) groups excluding carboxylic acids is 1. The van der Waals surface area contributed by atoms with E-state index in [2.05, 4.69) is 15.4 Å². The van der Waals surface area contributed by atoms with Crippen LogP contribution in [0.1, 0.15) is 43.4 Å². The molecule has 3 heterocycles. The number of aryl methyl sites for hydroxylation is 1. The number of nitrogens with one attached hydrogen (secondary N) is 1. The third-order valence-electron chi connectivity index (χ3n) is 6.51. The molecule has 0 saturated heterocycles. The zero-order valence-corrected chi connectivity index (χ0v) is 24.2. The van der Waals surface area contributed by atoms with E-state index in [1.54, 1.807) is 24.0 Å². The maximum Gasteiger partial charge on any atom is 0.347 e. The van der Waals surface area contributed by atoms with Gasteiger partial charge in [-0.1, -0.05) is 60.7 Å². The lowest BCUT2D eigenvalue weighted by Gasteiger charge is -2.14. The van der Waals surface area contributed by atoms with E-state index in [-0.39, 0.29) is 23.8 Å². The summed E-state index contributed by atoms with van der Waals surface area (Å²) in [5, 5.41) is 27.7.